The average Bonchev–Trinajstić information content (AvgIpc) is 2.43. The standard InChI is InChI=1S/C15H26N2O2S/c1-5-10-17-15(12(2)3)11-13-6-8-14(9-7-13)20(18,19)16-4/h6-9,12,15-17H,5,10-11H2,1-4H3. The minimum absolute atomic E-state index is 0.311. The lowest BCUT2D eigenvalue weighted by Gasteiger charge is -2.22. The lowest BCUT2D eigenvalue weighted by Crippen LogP contribution is -2.36. The summed E-state index contributed by atoms with van der Waals surface area (Å²) in [5.41, 5.74) is 1.15. The van der Waals surface area contributed by atoms with Crippen LogP contribution in [0.1, 0.15) is 32.8 Å². The quantitative estimate of drug-likeness (QED) is 0.773. The Balaban J connectivity index is 2.77. The zero-order chi connectivity index (χ0) is 15.2. The number of benzene rings is 1. The zero-order valence-corrected chi connectivity index (χ0v) is 13.6. The number of hydrogen-bond donors (Lipinski definition) is 2. The Labute approximate surface area is 123 Å². The highest BCUT2D eigenvalue weighted by Crippen LogP contribution is 2.14. The largest absolute Gasteiger partial charge is 0.313 e. The highest BCUT2D eigenvalue weighted by molar-refractivity contribution is 7.89. The summed E-state index contributed by atoms with van der Waals surface area (Å²) >= 11 is 0. The molecule has 0 aliphatic heterocycles. The van der Waals surface area contributed by atoms with Crippen molar-refractivity contribution in [3.8, 4) is 0 Å². The summed E-state index contributed by atoms with van der Waals surface area (Å²) in [6, 6.07) is 7.54. The van der Waals surface area contributed by atoms with E-state index in [0.717, 1.165) is 24.9 Å². The van der Waals surface area contributed by atoms with Gasteiger partial charge in [-0.05, 0) is 50.0 Å². The summed E-state index contributed by atoms with van der Waals surface area (Å²) in [5.74, 6) is 0.544. The minimum Gasteiger partial charge on any atom is -0.313 e. The molecule has 0 aliphatic rings. The van der Waals surface area contributed by atoms with Gasteiger partial charge in [0.05, 0.1) is 4.90 Å². The molecule has 0 aromatic heterocycles. The second-order valence-electron chi connectivity index (χ2n) is 5.36. The molecule has 1 aromatic carbocycles. The molecule has 0 saturated carbocycles. The second-order valence-corrected chi connectivity index (χ2v) is 7.25. The third kappa shape index (κ3) is 4.89. The predicted molar refractivity (Wildman–Crippen MR) is 83.3 cm³/mol. The molecule has 0 saturated heterocycles. The van der Waals surface area contributed by atoms with Gasteiger partial charge in [-0.1, -0.05) is 32.9 Å². The van der Waals surface area contributed by atoms with E-state index < -0.39 is 10.0 Å². The molecule has 4 nitrogen and oxygen atoms in total. The van der Waals surface area contributed by atoms with Crippen LogP contribution >= 0.6 is 0 Å². The van der Waals surface area contributed by atoms with Gasteiger partial charge in [-0.15, -0.1) is 0 Å². The highest BCUT2D eigenvalue weighted by atomic mass is 32.2. The van der Waals surface area contributed by atoms with Crippen LogP contribution in [0.3, 0.4) is 0 Å². The van der Waals surface area contributed by atoms with Crippen LogP contribution in [0.25, 0.3) is 0 Å². The summed E-state index contributed by atoms with van der Waals surface area (Å²) in [4.78, 5) is 0.311. The van der Waals surface area contributed by atoms with Crippen molar-refractivity contribution in [3.05, 3.63) is 29.8 Å². The first-order valence-corrected chi connectivity index (χ1v) is 8.65. The molecular formula is C15H26N2O2S. The number of hydrogen-bond acceptors (Lipinski definition) is 3. The van der Waals surface area contributed by atoms with Gasteiger partial charge in [0.1, 0.15) is 0 Å². The van der Waals surface area contributed by atoms with Crippen LogP contribution in [-0.4, -0.2) is 28.1 Å². The number of nitrogens with one attached hydrogen (secondary N) is 2. The molecular weight excluding hydrogens is 272 g/mol. The molecule has 5 heteroatoms. The molecule has 1 unspecified atom stereocenters. The van der Waals surface area contributed by atoms with E-state index in [2.05, 4.69) is 30.8 Å². The normalized spacial score (nSPS) is 13.7. The maximum Gasteiger partial charge on any atom is 0.240 e. The van der Waals surface area contributed by atoms with E-state index in [1.165, 1.54) is 7.05 Å². The maximum absolute atomic E-state index is 11.7. The third-order valence-corrected chi connectivity index (χ3v) is 4.85. The number of rotatable bonds is 8. The summed E-state index contributed by atoms with van der Waals surface area (Å²) in [7, 11) is -1.92. The van der Waals surface area contributed by atoms with Crippen molar-refractivity contribution in [1.82, 2.24) is 10.0 Å². The van der Waals surface area contributed by atoms with Crippen molar-refractivity contribution in [1.29, 1.82) is 0 Å². The predicted octanol–water partition coefficient (Wildman–Crippen LogP) is 2.16. The summed E-state index contributed by atoms with van der Waals surface area (Å²) in [6.45, 7) is 7.57. The van der Waals surface area contributed by atoms with Crippen molar-refractivity contribution in [2.75, 3.05) is 13.6 Å². The lowest BCUT2D eigenvalue weighted by molar-refractivity contribution is 0.397. The van der Waals surface area contributed by atoms with Gasteiger partial charge in [0, 0.05) is 6.04 Å². The van der Waals surface area contributed by atoms with Crippen molar-refractivity contribution < 1.29 is 8.42 Å². The van der Waals surface area contributed by atoms with E-state index in [-0.39, 0.29) is 0 Å². The Morgan fingerprint density at radius 1 is 1.15 bits per heavy atom. The number of sulfonamides is 1. The third-order valence-electron chi connectivity index (χ3n) is 3.42. The van der Waals surface area contributed by atoms with Crippen molar-refractivity contribution in [2.45, 2.75) is 44.6 Å². The van der Waals surface area contributed by atoms with Crippen molar-refractivity contribution in [3.63, 3.8) is 0 Å². The van der Waals surface area contributed by atoms with Crippen LogP contribution in [0.4, 0.5) is 0 Å². The fourth-order valence-corrected chi connectivity index (χ4v) is 2.78. The van der Waals surface area contributed by atoms with Gasteiger partial charge >= 0.3 is 0 Å². The topological polar surface area (TPSA) is 58.2 Å². The van der Waals surface area contributed by atoms with Crippen LogP contribution in [0.2, 0.25) is 0 Å². The van der Waals surface area contributed by atoms with Gasteiger partial charge in [-0.3, -0.25) is 0 Å². The fourth-order valence-electron chi connectivity index (χ4n) is 2.05. The van der Waals surface area contributed by atoms with E-state index in [9.17, 15) is 8.42 Å². The Hall–Kier alpha value is -0.910. The van der Waals surface area contributed by atoms with Gasteiger partial charge in [0.25, 0.3) is 0 Å². The van der Waals surface area contributed by atoms with Crippen LogP contribution in [0.15, 0.2) is 29.2 Å². The molecule has 1 atom stereocenters. The molecule has 1 rings (SSSR count). The van der Waals surface area contributed by atoms with E-state index >= 15 is 0 Å². The molecule has 0 radical (unpaired) electrons. The first-order valence-electron chi connectivity index (χ1n) is 7.16. The second kappa shape index (κ2) is 7.76. The molecule has 114 valence electrons. The summed E-state index contributed by atoms with van der Waals surface area (Å²) < 4.78 is 25.6. The van der Waals surface area contributed by atoms with Crippen LogP contribution < -0.4 is 10.0 Å². The Morgan fingerprint density at radius 3 is 2.20 bits per heavy atom. The molecule has 1 aromatic rings. The zero-order valence-electron chi connectivity index (χ0n) is 12.8. The van der Waals surface area contributed by atoms with Gasteiger partial charge in [0.15, 0.2) is 0 Å². The van der Waals surface area contributed by atoms with Crippen molar-refractivity contribution >= 4 is 10.0 Å². The van der Waals surface area contributed by atoms with Crippen LogP contribution in [0.5, 0.6) is 0 Å². The van der Waals surface area contributed by atoms with Gasteiger partial charge in [-0.2, -0.15) is 0 Å². The van der Waals surface area contributed by atoms with Gasteiger partial charge < -0.3 is 5.32 Å². The summed E-state index contributed by atoms with van der Waals surface area (Å²) in [5, 5.41) is 3.54. The SMILES string of the molecule is CCCNC(Cc1ccc(S(=O)(=O)NC)cc1)C(C)C. The Bertz CT molecular complexity index is 495. The smallest absolute Gasteiger partial charge is 0.240 e. The minimum atomic E-state index is -3.34. The molecule has 0 amide bonds. The molecule has 0 spiro atoms. The summed E-state index contributed by atoms with van der Waals surface area (Å²) in [6.07, 6.45) is 2.03. The molecule has 0 heterocycles. The fraction of sp³-hybridized carbons (Fsp3) is 0.600. The molecule has 20 heavy (non-hydrogen) atoms. The Morgan fingerprint density at radius 2 is 1.75 bits per heavy atom. The van der Waals surface area contributed by atoms with E-state index in [1.54, 1.807) is 12.1 Å². The first kappa shape index (κ1) is 17.1. The first-order chi connectivity index (χ1) is 9.40. The van der Waals surface area contributed by atoms with Gasteiger partial charge in [-0.25, -0.2) is 13.1 Å². The lowest BCUT2D eigenvalue weighted by atomic mass is 9.96. The Kier molecular flexibility index (Phi) is 6.65. The highest BCUT2D eigenvalue weighted by Gasteiger charge is 2.14. The van der Waals surface area contributed by atoms with E-state index in [4.69, 9.17) is 0 Å². The van der Waals surface area contributed by atoms with E-state index in [0.29, 0.717) is 16.9 Å². The van der Waals surface area contributed by atoms with Gasteiger partial charge in [0.2, 0.25) is 10.0 Å². The monoisotopic (exact) mass is 298 g/mol. The van der Waals surface area contributed by atoms with Crippen LogP contribution in [0, 0.1) is 5.92 Å². The molecule has 0 fully saturated rings. The molecule has 0 aliphatic carbocycles. The van der Waals surface area contributed by atoms with Crippen LogP contribution in [-0.2, 0) is 16.4 Å². The molecule has 0 bridgehead atoms. The van der Waals surface area contributed by atoms with Crippen molar-refractivity contribution in [2.24, 2.45) is 5.92 Å². The van der Waals surface area contributed by atoms with E-state index in [1.807, 2.05) is 12.1 Å². The maximum atomic E-state index is 11.7. The average molecular weight is 298 g/mol. The molecule has 2 N–H and O–H groups in total.